The summed E-state index contributed by atoms with van der Waals surface area (Å²) in [5.74, 6) is 0.479. The Morgan fingerprint density at radius 1 is 1.25 bits per heavy atom. The minimum atomic E-state index is -0.567. The van der Waals surface area contributed by atoms with E-state index in [1.54, 1.807) is 18.2 Å². The fraction of sp³-hybridized carbons (Fsp3) is 0.538. The van der Waals surface area contributed by atoms with Crippen LogP contribution in [0.25, 0.3) is 0 Å². The molecule has 2 unspecified atom stereocenters. The molecule has 0 amide bonds. The second-order valence-electron chi connectivity index (χ2n) is 4.28. The van der Waals surface area contributed by atoms with E-state index < -0.39 is 6.10 Å². The van der Waals surface area contributed by atoms with Crippen molar-refractivity contribution < 1.29 is 5.11 Å². The molecule has 16 heavy (non-hydrogen) atoms. The Bertz CT molecular complexity index is 318. The minimum absolute atomic E-state index is 0.479. The monoisotopic (exact) mass is 260 g/mol. The summed E-state index contributed by atoms with van der Waals surface area (Å²) in [6, 6.07) is 5.31. The van der Waals surface area contributed by atoms with Crippen molar-refractivity contribution in [2.45, 2.75) is 39.2 Å². The first-order valence-corrected chi connectivity index (χ1v) is 6.43. The van der Waals surface area contributed by atoms with Crippen LogP contribution >= 0.6 is 23.2 Å². The topological polar surface area (TPSA) is 20.2 Å². The van der Waals surface area contributed by atoms with Gasteiger partial charge >= 0.3 is 0 Å². The van der Waals surface area contributed by atoms with Gasteiger partial charge in [-0.1, -0.05) is 56.0 Å². The van der Waals surface area contributed by atoms with Gasteiger partial charge in [0.05, 0.1) is 6.10 Å². The van der Waals surface area contributed by atoms with Crippen LogP contribution in [-0.2, 0) is 0 Å². The van der Waals surface area contributed by atoms with Crippen molar-refractivity contribution in [3.63, 3.8) is 0 Å². The van der Waals surface area contributed by atoms with Gasteiger partial charge in [0.1, 0.15) is 0 Å². The summed E-state index contributed by atoms with van der Waals surface area (Å²) in [5, 5.41) is 11.2. The lowest BCUT2D eigenvalue weighted by molar-refractivity contribution is 0.145. The van der Waals surface area contributed by atoms with Gasteiger partial charge in [0, 0.05) is 15.6 Å². The predicted molar refractivity (Wildman–Crippen MR) is 70.1 cm³/mol. The van der Waals surface area contributed by atoms with E-state index in [1.807, 2.05) is 0 Å². The molecular weight excluding hydrogens is 243 g/mol. The average Bonchev–Trinajstić information content (AvgIpc) is 2.17. The quantitative estimate of drug-likeness (QED) is 0.803. The first-order chi connectivity index (χ1) is 7.56. The molecule has 90 valence electrons. The Morgan fingerprint density at radius 2 is 1.81 bits per heavy atom. The summed E-state index contributed by atoms with van der Waals surface area (Å²) in [4.78, 5) is 0. The lowest BCUT2D eigenvalue weighted by Crippen LogP contribution is -2.05. The van der Waals surface area contributed by atoms with Crippen molar-refractivity contribution in [1.82, 2.24) is 0 Å². The van der Waals surface area contributed by atoms with Crippen LogP contribution in [0, 0.1) is 5.92 Å². The Hall–Kier alpha value is -0.240. The summed E-state index contributed by atoms with van der Waals surface area (Å²) >= 11 is 12.1. The fourth-order valence-electron chi connectivity index (χ4n) is 1.94. The molecular formula is C13H18Cl2O. The molecule has 0 aliphatic carbocycles. The highest BCUT2D eigenvalue weighted by Gasteiger charge is 2.17. The summed E-state index contributed by atoms with van der Waals surface area (Å²) in [6.07, 6.45) is 2.38. The van der Waals surface area contributed by atoms with Crippen LogP contribution in [-0.4, -0.2) is 5.11 Å². The second-order valence-corrected chi connectivity index (χ2v) is 5.10. The molecule has 0 aromatic heterocycles. The van der Waals surface area contributed by atoms with Gasteiger partial charge in [-0.15, -0.1) is 0 Å². The molecule has 1 N–H and O–H groups in total. The number of benzene rings is 1. The molecule has 1 rings (SSSR count). The number of halogens is 2. The van der Waals surface area contributed by atoms with E-state index in [9.17, 15) is 5.11 Å². The first kappa shape index (κ1) is 13.8. The van der Waals surface area contributed by atoms with Crippen LogP contribution in [0.4, 0.5) is 0 Å². The van der Waals surface area contributed by atoms with Gasteiger partial charge in [0.15, 0.2) is 0 Å². The third kappa shape index (κ3) is 3.65. The third-order valence-corrected chi connectivity index (χ3v) is 3.40. The normalized spacial score (nSPS) is 14.8. The van der Waals surface area contributed by atoms with Crippen LogP contribution < -0.4 is 0 Å². The van der Waals surface area contributed by atoms with Crippen LogP contribution in [0.1, 0.15) is 44.8 Å². The van der Waals surface area contributed by atoms with Crippen LogP contribution in [0.2, 0.25) is 10.0 Å². The predicted octanol–water partition coefficient (Wildman–Crippen LogP) is 4.85. The maximum absolute atomic E-state index is 10.1. The lowest BCUT2D eigenvalue weighted by Gasteiger charge is -2.18. The van der Waals surface area contributed by atoms with Crippen LogP contribution in [0.15, 0.2) is 18.2 Å². The van der Waals surface area contributed by atoms with Crippen LogP contribution in [0.5, 0.6) is 0 Å². The highest BCUT2D eigenvalue weighted by atomic mass is 35.5. The molecule has 0 fully saturated rings. The standard InChI is InChI=1S/C13H18Cl2O/c1-3-5-9(2)8-12(16)13-10(14)6-4-7-11(13)15/h4,6-7,9,12,16H,3,5,8H2,1-2H3. The average molecular weight is 261 g/mol. The molecule has 1 nitrogen and oxygen atoms in total. The van der Waals surface area contributed by atoms with Crippen molar-refractivity contribution >= 4 is 23.2 Å². The van der Waals surface area contributed by atoms with E-state index in [4.69, 9.17) is 23.2 Å². The number of hydrogen-bond donors (Lipinski definition) is 1. The third-order valence-electron chi connectivity index (χ3n) is 2.74. The van der Waals surface area contributed by atoms with E-state index >= 15 is 0 Å². The van der Waals surface area contributed by atoms with Gasteiger partial charge in [0.2, 0.25) is 0 Å². The molecule has 3 heteroatoms. The zero-order valence-electron chi connectivity index (χ0n) is 9.71. The van der Waals surface area contributed by atoms with Gasteiger partial charge in [-0.05, 0) is 24.5 Å². The Labute approximate surface area is 107 Å². The molecule has 0 aliphatic heterocycles. The van der Waals surface area contributed by atoms with Crippen molar-refractivity contribution in [1.29, 1.82) is 0 Å². The molecule has 0 saturated heterocycles. The van der Waals surface area contributed by atoms with Crippen molar-refractivity contribution in [3.8, 4) is 0 Å². The minimum Gasteiger partial charge on any atom is -0.388 e. The first-order valence-electron chi connectivity index (χ1n) is 5.68. The van der Waals surface area contributed by atoms with Gasteiger partial charge in [0.25, 0.3) is 0 Å². The Morgan fingerprint density at radius 3 is 2.31 bits per heavy atom. The lowest BCUT2D eigenvalue weighted by atomic mass is 9.95. The summed E-state index contributed by atoms with van der Waals surface area (Å²) in [7, 11) is 0. The van der Waals surface area contributed by atoms with E-state index in [2.05, 4.69) is 13.8 Å². The SMILES string of the molecule is CCCC(C)CC(O)c1c(Cl)cccc1Cl. The number of aliphatic hydroxyl groups excluding tert-OH is 1. The molecule has 1 aromatic carbocycles. The van der Waals surface area contributed by atoms with Gasteiger partial charge in [-0.2, -0.15) is 0 Å². The molecule has 0 spiro atoms. The fourth-order valence-corrected chi connectivity index (χ4v) is 2.59. The number of aliphatic hydroxyl groups is 1. The smallest absolute Gasteiger partial charge is 0.0821 e. The highest BCUT2D eigenvalue weighted by Crippen LogP contribution is 2.34. The summed E-state index contributed by atoms with van der Waals surface area (Å²) in [5.41, 5.74) is 0.661. The zero-order valence-corrected chi connectivity index (χ0v) is 11.2. The molecule has 0 bridgehead atoms. The van der Waals surface area contributed by atoms with Crippen molar-refractivity contribution in [2.24, 2.45) is 5.92 Å². The summed E-state index contributed by atoms with van der Waals surface area (Å²) in [6.45, 7) is 4.28. The largest absolute Gasteiger partial charge is 0.388 e. The maximum atomic E-state index is 10.1. The van der Waals surface area contributed by atoms with E-state index in [-0.39, 0.29) is 0 Å². The summed E-state index contributed by atoms with van der Waals surface area (Å²) < 4.78 is 0. The molecule has 0 saturated carbocycles. The van der Waals surface area contributed by atoms with Crippen LogP contribution in [0.3, 0.4) is 0 Å². The highest BCUT2D eigenvalue weighted by molar-refractivity contribution is 6.36. The van der Waals surface area contributed by atoms with Crippen molar-refractivity contribution in [2.75, 3.05) is 0 Å². The van der Waals surface area contributed by atoms with E-state index in [1.165, 1.54) is 0 Å². The van der Waals surface area contributed by atoms with Gasteiger partial charge < -0.3 is 5.11 Å². The Balaban J connectivity index is 2.76. The molecule has 0 aliphatic rings. The molecule has 2 atom stereocenters. The number of hydrogen-bond acceptors (Lipinski definition) is 1. The Kier molecular flexibility index (Phi) is 5.60. The second kappa shape index (κ2) is 6.48. The van der Waals surface area contributed by atoms with Crippen molar-refractivity contribution in [3.05, 3.63) is 33.8 Å². The molecule has 1 aromatic rings. The van der Waals surface area contributed by atoms with E-state index in [0.29, 0.717) is 27.9 Å². The van der Waals surface area contributed by atoms with Gasteiger partial charge in [-0.3, -0.25) is 0 Å². The maximum Gasteiger partial charge on any atom is 0.0821 e. The van der Waals surface area contributed by atoms with Gasteiger partial charge in [-0.25, -0.2) is 0 Å². The van der Waals surface area contributed by atoms with E-state index in [0.717, 1.165) is 12.8 Å². The zero-order chi connectivity index (χ0) is 12.1. The number of rotatable bonds is 5. The molecule has 0 heterocycles. The molecule has 0 radical (unpaired) electrons.